The largest absolute Gasteiger partial charge is 0.472 e. The Hall–Kier alpha value is -1.28. The molecule has 0 aliphatic heterocycles. The maximum absolute atomic E-state index is 12.6. The van der Waals surface area contributed by atoms with Crippen LogP contribution in [0.4, 0.5) is 0 Å². The lowest BCUT2D eigenvalue weighted by Gasteiger charge is -2.24. The molecule has 2 unspecified atom stereocenters. The van der Waals surface area contributed by atoms with E-state index in [1.165, 1.54) is 57.8 Å². The number of likely N-dealkylation sites (N-methyl/N-ethyl adjacent to an activating group) is 1. The summed E-state index contributed by atoms with van der Waals surface area (Å²) in [6, 6.07) is 0. The average Bonchev–Trinajstić information content (AvgIpc) is 2.99. The lowest BCUT2D eigenvalue weighted by Crippen LogP contribution is -2.37. The summed E-state index contributed by atoms with van der Waals surface area (Å²) < 4.78 is 34.7. The summed E-state index contributed by atoms with van der Waals surface area (Å²) >= 11 is 0. The molecule has 0 radical (unpaired) electrons. The topological polar surface area (TPSA) is 91.3 Å². The summed E-state index contributed by atoms with van der Waals surface area (Å²) in [6.07, 6.45) is 33.2. The zero-order valence-corrected chi connectivity index (χ0v) is 31.2. The van der Waals surface area contributed by atoms with Gasteiger partial charge in [-0.15, -0.1) is 0 Å². The number of allylic oxidation sites excluding steroid dienone is 6. The Balaban J connectivity index is 4.25. The van der Waals surface area contributed by atoms with Crippen molar-refractivity contribution in [3.63, 3.8) is 0 Å². The molecular weight excluding hydrogens is 601 g/mol. The lowest BCUT2D eigenvalue weighted by atomic mass is 10.1. The number of phosphoric ester groups is 1. The minimum absolute atomic E-state index is 0.0863. The molecule has 9 heteroatoms. The van der Waals surface area contributed by atoms with Crippen molar-refractivity contribution in [1.29, 1.82) is 0 Å². The molecule has 0 aromatic carbocycles. The van der Waals surface area contributed by atoms with Gasteiger partial charge in [0.1, 0.15) is 19.3 Å². The second-order valence-electron chi connectivity index (χ2n) is 13.2. The van der Waals surface area contributed by atoms with Crippen LogP contribution in [-0.2, 0) is 27.9 Å². The third-order valence-corrected chi connectivity index (χ3v) is 8.45. The highest BCUT2D eigenvalue weighted by Crippen LogP contribution is 2.43. The number of quaternary nitrogens is 1. The Morgan fingerprint density at radius 2 is 1.26 bits per heavy atom. The maximum Gasteiger partial charge on any atom is 0.472 e. The zero-order chi connectivity index (χ0) is 34.2. The van der Waals surface area contributed by atoms with Crippen molar-refractivity contribution in [1.82, 2.24) is 0 Å². The Kier molecular flexibility index (Phi) is 30.2. The van der Waals surface area contributed by atoms with Gasteiger partial charge in [0.15, 0.2) is 0 Å². The van der Waals surface area contributed by atoms with Crippen LogP contribution in [0.2, 0.25) is 0 Å². The monoisotopic (exact) mass is 672 g/mol. The van der Waals surface area contributed by atoms with Gasteiger partial charge in [0.25, 0.3) is 0 Å². The molecule has 0 saturated carbocycles. The quantitative estimate of drug-likeness (QED) is 0.0244. The molecule has 1 N–H and O–H groups in total. The van der Waals surface area contributed by atoms with E-state index in [4.69, 9.17) is 18.5 Å². The number of phosphoric acid groups is 1. The van der Waals surface area contributed by atoms with Crippen molar-refractivity contribution in [2.24, 2.45) is 0 Å². The summed E-state index contributed by atoms with van der Waals surface area (Å²) in [5.74, 6) is -0.328. The Labute approximate surface area is 283 Å². The smallest absolute Gasteiger partial charge is 0.457 e. The summed E-state index contributed by atoms with van der Waals surface area (Å²) in [6.45, 7) is 5.45. The van der Waals surface area contributed by atoms with Crippen LogP contribution in [0.25, 0.3) is 0 Å². The first kappa shape index (κ1) is 44.7. The normalized spacial score (nSPS) is 14.5. The van der Waals surface area contributed by atoms with Crippen LogP contribution >= 0.6 is 7.82 Å². The zero-order valence-electron chi connectivity index (χ0n) is 30.3. The summed E-state index contributed by atoms with van der Waals surface area (Å²) in [7, 11) is 1.65. The predicted octanol–water partition coefficient (Wildman–Crippen LogP) is 9.87. The molecule has 0 aliphatic carbocycles. The van der Waals surface area contributed by atoms with Gasteiger partial charge in [0, 0.05) is 13.0 Å². The van der Waals surface area contributed by atoms with Gasteiger partial charge in [-0.3, -0.25) is 13.8 Å². The summed E-state index contributed by atoms with van der Waals surface area (Å²) in [5, 5.41) is 0. The number of hydrogen-bond acceptors (Lipinski definition) is 6. The molecule has 2 atom stereocenters. The van der Waals surface area contributed by atoms with E-state index in [0.29, 0.717) is 24.1 Å². The van der Waals surface area contributed by atoms with Crippen molar-refractivity contribution in [2.45, 2.75) is 142 Å². The van der Waals surface area contributed by atoms with Gasteiger partial charge in [-0.2, -0.15) is 0 Å². The number of nitrogens with zero attached hydrogens (tertiary/aromatic N) is 1. The molecule has 0 aromatic heterocycles. The summed E-state index contributed by atoms with van der Waals surface area (Å²) in [5.41, 5.74) is 0. The Bertz CT molecular complexity index is 838. The number of ether oxygens (including phenoxy) is 2. The SMILES string of the molecule is CC/C=C\C/C=C\C/C=C\CCCCCCCCCC(=O)OC(COCCCCCCCCC)COP(=O)(O)OCC[N+](C)(C)C. The number of esters is 1. The van der Waals surface area contributed by atoms with Gasteiger partial charge < -0.3 is 18.9 Å². The average molecular weight is 673 g/mol. The molecule has 0 aromatic rings. The number of carbonyl (C=O) groups excluding carboxylic acids is 1. The molecule has 0 heterocycles. The third-order valence-electron chi connectivity index (χ3n) is 7.47. The van der Waals surface area contributed by atoms with Crippen LogP contribution in [0.3, 0.4) is 0 Å². The molecule has 0 spiro atoms. The first-order valence-electron chi connectivity index (χ1n) is 18.2. The summed E-state index contributed by atoms with van der Waals surface area (Å²) in [4.78, 5) is 22.7. The highest BCUT2D eigenvalue weighted by Gasteiger charge is 2.26. The van der Waals surface area contributed by atoms with Gasteiger partial charge in [-0.05, 0) is 44.9 Å². The first-order valence-corrected chi connectivity index (χ1v) is 19.7. The van der Waals surface area contributed by atoms with E-state index < -0.39 is 13.9 Å². The van der Waals surface area contributed by atoms with E-state index in [2.05, 4.69) is 50.3 Å². The molecule has 0 aliphatic rings. The van der Waals surface area contributed by atoms with Crippen molar-refractivity contribution in [3.05, 3.63) is 36.5 Å². The molecule has 46 heavy (non-hydrogen) atoms. The fourth-order valence-corrected chi connectivity index (χ4v) is 5.37. The van der Waals surface area contributed by atoms with E-state index in [-0.39, 0.29) is 25.8 Å². The van der Waals surface area contributed by atoms with E-state index in [9.17, 15) is 14.3 Å². The van der Waals surface area contributed by atoms with E-state index in [1.54, 1.807) is 0 Å². The Morgan fingerprint density at radius 3 is 1.89 bits per heavy atom. The van der Waals surface area contributed by atoms with Crippen LogP contribution in [-0.4, -0.2) is 75.6 Å². The Morgan fingerprint density at radius 1 is 0.696 bits per heavy atom. The first-order chi connectivity index (χ1) is 22.1. The van der Waals surface area contributed by atoms with Crippen molar-refractivity contribution < 1.29 is 37.3 Å². The van der Waals surface area contributed by atoms with Crippen molar-refractivity contribution >= 4 is 13.8 Å². The molecule has 0 fully saturated rings. The third kappa shape index (κ3) is 34.1. The van der Waals surface area contributed by atoms with Crippen molar-refractivity contribution in [3.8, 4) is 0 Å². The highest BCUT2D eigenvalue weighted by molar-refractivity contribution is 7.47. The molecule has 0 amide bonds. The van der Waals surface area contributed by atoms with Gasteiger partial charge >= 0.3 is 13.8 Å². The van der Waals surface area contributed by atoms with Gasteiger partial charge in [-0.1, -0.05) is 121 Å². The van der Waals surface area contributed by atoms with E-state index in [0.717, 1.165) is 57.8 Å². The molecular formula is C37H71NO7P+. The van der Waals surface area contributed by atoms with Crippen LogP contribution in [0.5, 0.6) is 0 Å². The minimum Gasteiger partial charge on any atom is -0.457 e. The van der Waals surface area contributed by atoms with Gasteiger partial charge in [0.05, 0.1) is 34.4 Å². The number of rotatable bonds is 33. The molecule has 8 nitrogen and oxygen atoms in total. The molecule has 0 rings (SSSR count). The second-order valence-corrected chi connectivity index (χ2v) is 14.7. The standard InChI is InChI=1S/C37H70NO7P/c1-6-8-10-12-14-15-16-17-18-19-20-21-22-23-24-26-28-30-37(39)45-36(34-42-32-29-27-25-13-11-9-7-2)35-44-46(40,41)43-33-31-38(3,4)5/h8,10,14-15,17-18,36H,6-7,9,11-13,16,19-35H2,1-5H3/p+1/b10-8-,15-14-,18-17-. The molecule has 0 saturated heterocycles. The predicted molar refractivity (Wildman–Crippen MR) is 192 cm³/mol. The van der Waals surface area contributed by atoms with Gasteiger partial charge in [-0.25, -0.2) is 4.57 Å². The number of carbonyl (C=O) groups is 1. The van der Waals surface area contributed by atoms with Crippen LogP contribution in [0.1, 0.15) is 136 Å². The number of unbranched alkanes of at least 4 members (excludes halogenated alkanes) is 13. The second kappa shape index (κ2) is 31.0. The number of hydrogen-bond donors (Lipinski definition) is 1. The van der Waals surface area contributed by atoms with Crippen molar-refractivity contribution in [2.75, 3.05) is 54.1 Å². The maximum atomic E-state index is 12.6. The highest BCUT2D eigenvalue weighted by atomic mass is 31.2. The van der Waals surface area contributed by atoms with Crippen LogP contribution in [0.15, 0.2) is 36.5 Å². The molecule has 270 valence electrons. The van der Waals surface area contributed by atoms with E-state index in [1.807, 2.05) is 21.1 Å². The fraction of sp³-hybridized carbons (Fsp3) is 0.811. The minimum atomic E-state index is -4.26. The molecule has 0 bridgehead atoms. The van der Waals surface area contributed by atoms with Crippen LogP contribution < -0.4 is 0 Å². The van der Waals surface area contributed by atoms with Gasteiger partial charge in [0.2, 0.25) is 0 Å². The van der Waals surface area contributed by atoms with Crippen LogP contribution in [0, 0.1) is 0 Å². The lowest BCUT2D eigenvalue weighted by molar-refractivity contribution is -0.870. The van der Waals surface area contributed by atoms with E-state index >= 15 is 0 Å². The fourth-order valence-electron chi connectivity index (χ4n) is 4.62.